The highest BCUT2D eigenvalue weighted by Crippen LogP contribution is 2.57. The number of nitrogens with one attached hydrogen (secondary N) is 1. The minimum atomic E-state index is -0.582. The molecule has 2 aliphatic rings. The smallest absolute Gasteiger partial charge is 0.329 e. The maximum atomic E-state index is 10.7. The quantitative estimate of drug-likeness (QED) is 0.627. The fraction of sp³-hybridized carbons (Fsp3) is 0.692. The van der Waals surface area contributed by atoms with Gasteiger partial charge in [0.05, 0.1) is 11.0 Å². The highest BCUT2D eigenvalue weighted by Gasteiger charge is 2.59. The van der Waals surface area contributed by atoms with Gasteiger partial charge in [0.2, 0.25) is 11.8 Å². The number of rotatable bonds is 5. The summed E-state index contributed by atoms with van der Waals surface area (Å²) in [6, 6.07) is 0.253. The van der Waals surface area contributed by atoms with Crippen molar-refractivity contribution in [3.63, 3.8) is 0 Å². The Hall–Kier alpha value is -1.96. The number of ether oxygens (including phenoxy) is 1. The predicted molar refractivity (Wildman–Crippen MR) is 76.8 cm³/mol. The van der Waals surface area contributed by atoms with Crippen molar-refractivity contribution in [2.75, 3.05) is 17.7 Å². The second kappa shape index (κ2) is 5.10. The molecule has 0 unspecified atom stereocenters. The molecule has 1 aromatic rings. The predicted octanol–water partition coefficient (Wildman–Crippen LogP) is 1.73. The van der Waals surface area contributed by atoms with Gasteiger partial charge in [-0.05, 0) is 26.2 Å². The van der Waals surface area contributed by atoms with Crippen molar-refractivity contribution in [1.82, 2.24) is 9.97 Å². The van der Waals surface area contributed by atoms with E-state index in [1.54, 1.807) is 0 Å². The first-order valence-corrected chi connectivity index (χ1v) is 7.22. The maximum Gasteiger partial charge on any atom is 0.329 e. The van der Waals surface area contributed by atoms with Gasteiger partial charge in [0, 0.05) is 18.1 Å². The Bertz CT molecular complexity index is 561. The molecule has 3 rings (SSSR count). The van der Waals surface area contributed by atoms with Crippen molar-refractivity contribution in [2.45, 2.75) is 44.8 Å². The molecule has 8 nitrogen and oxygen atoms in total. The van der Waals surface area contributed by atoms with Crippen LogP contribution in [0.4, 0.5) is 17.5 Å². The highest BCUT2D eigenvalue weighted by molar-refractivity contribution is 5.53. The van der Waals surface area contributed by atoms with Crippen LogP contribution in [0.5, 0.6) is 0 Å². The number of hydrogen-bond donors (Lipinski definition) is 2. The van der Waals surface area contributed by atoms with E-state index in [0.29, 0.717) is 12.1 Å². The number of nitrogens with zero attached hydrogens (tertiary/aromatic N) is 3. The summed E-state index contributed by atoms with van der Waals surface area (Å²) in [6.45, 7) is 2.73. The highest BCUT2D eigenvalue weighted by atomic mass is 16.6. The van der Waals surface area contributed by atoms with E-state index in [4.69, 9.17) is 10.5 Å². The van der Waals surface area contributed by atoms with Crippen LogP contribution in [0.25, 0.3) is 0 Å². The third-order valence-corrected chi connectivity index (χ3v) is 4.74. The molecule has 2 fully saturated rings. The van der Waals surface area contributed by atoms with E-state index in [1.165, 1.54) is 6.42 Å². The molecule has 0 aliphatic heterocycles. The van der Waals surface area contributed by atoms with Crippen LogP contribution in [0.3, 0.4) is 0 Å². The standard InChI is InChI=1S/C13H19N5O3/c1-2-21-10-6-9(13(10)4-3-5-13)16-12-15-7-8(18(19)20)11(14)17-12/h7,9-10H,2-6H2,1H3,(H3,14,15,16,17)/t9-,10-/m1/s1. The van der Waals surface area contributed by atoms with Crippen LogP contribution in [0.2, 0.25) is 0 Å². The number of aromatic nitrogens is 2. The SMILES string of the molecule is CCO[C@@H]1C[C@@H](Nc2ncc([N+](=O)[O-])c(N)n2)C12CCC2. The fourth-order valence-corrected chi connectivity index (χ4v) is 3.40. The second-order valence-corrected chi connectivity index (χ2v) is 5.68. The lowest BCUT2D eigenvalue weighted by atomic mass is 9.51. The zero-order chi connectivity index (χ0) is 15.0. The van der Waals surface area contributed by atoms with Crippen molar-refractivity contribution in [2.24, 2.45) is 5.41 Å². The van der Waals surface area contributed by atoms with Gasteiger partial charge in [-0.1, -0.05) is 6.42 Å². The van der Waals surface area contributed by atoms with Gasteiger partial charge in [-0.3, -0.25) is 10.1 Å². The summed E-state index contributed by atoms with van der Waals surface area (Å²) in [5.41, 5.74) is 5.50. The van der Waals surface area contributed by atoms with Crippen molar-refractivity contribution < 1.29 is 9.66 Å². The van der Waals surface area contributed by atoms with Crippen molar-refractivity contribution in [3.8, 4) is 0 Å². The molecule has 1 spiro atoms. The molecule has 1 heterocycles. The number of nitro groups is 1. The minimum Gasteiger partial charge on any atom is -0.378 e. The number of hydrogen-bond acceptors (Lipinski definition) is 7. The van der Waals surface area contributed by atoms with Crippen molar-refractivity contribution >= 4 is 17.5 Å². The summed E-state index contributed by atoms with van der Waals surface area (Å²) in [5, 5.41) is 14.0. The number of anilines is 2. The Kier molecular flexibility index (Phi) is 3.40. The summed E-state index contributed by atoms with van der Waals surface area (Å²) >= 11 is 0. The first kappa shape index (κ1) is 14.0. The number of nitrogens with two attached hydrogens (primary N) is 1. The van der Waals surface area contributed by atoms with Crippen molar-refractivity contribution in [3.05, 3.63) is 16.3 Å². The maximum absolute atomic E-state index is 10.7. The molecule has 0 saturated heterocycles. The van der Waals surface area contributed by atoms with Crippen molar-refractivity contribution in [1.29, 1.82) is 0 Å². The van der Waals surface area contributed by atoms with Crippen LogP contribution in [0, 0.1) is 15.5 Å². The zero-order valence-electron chi connectivity index (χ0n) is 11.9. The van der Waals surface area contributed by atoms with E-state index in [-0.39, 0.29) is 23.0 Å². The Morgan fingerprint density at radius 1 is 1.62 bits per heavy atom. The topological polar surface area (TPSA) is 116 Å². The second-order valence-electron chi connectivity index (χ2n) is 5.68. The lowest BCUT2D eigenvalue weighted by molar-refractivity contribution is -0.384. The van der Waals surface area contributed by atoms with Crippen LogP contribution >= 0.6 is 0 Å². The van der Waals surface area contributed by atoms with Crippen LogP contribution in [-0.4, -0.2) is 33.6 Å². The van der Waals surface area contributed by atoms with E-state index in [9.17, 15) is 10.1 Å². The third kappa shape index (κ3) is 2.19. The molecule has 21 heavy (non-hydrogen) atoms. The monoisotopic (exact) mass is 293 g/mol. The molecule has 0 amide bonds. The average molecular weight is 293 g/mol. The average Bonchev–Trinajstić information content (AvgIpc) is 2.35. The van der Waals surface area contributed by atoms with Gasteiger partial charge in [0.1, 0.15) is 6.20 Å². The lowest BCUT2D eigenvalue weighted by Crippen LogP contribution is -2.64. The largest absolute Gasteiger partial charge is 0.378 e. The molecular formula is C13H19N5O3. The first-order valence-electron chi connectivity index (χ1n) is 7.22. The Morgan fingerprint density at radius 3 is 2.90 bits per heavy atom. The van der Waals surface area contributed by atoms with Gasteiger partial charge in [-0.15, -0.1) is 0 Å². The molecule has 8 heteroatoms. The summed E-state index contributed by atoms with van der Waals surface area (Å²) < 4.78 is 5.78. The minimum absolute atomic E-state index is 0.110. The summed E-state index contributed by atoms with van der Waals surface area (Å²) in [6.07, 6.45) is 5.84. The molecule has 0 aromatic carbocycles. The van der Waals surface area contributed by atoms with Crippen LogP contribution in [0.15, 0.2) is 6.20 Å². The van der Waals surface area contributed by atoms with E-state index >= 15 is 0 Å². The molecule has 0 radical (unpaired) electrons. The van der Waals surface area contributed by atoms with Gasteiger partial charge in [0.25, 0.3) is 0 Å². The Labute approximate surface area is 122 Å². The lowest BCUT2D eigenvalue weighted by Gasteiger charge is -2.60. The first-order chi connectivity index (χ1) is 10.1. The van der Waals surface area contributed by atoms with E-state index in [1.807, 2.05) is 6.92 Å². The molecule has 2 atom stereocenters. The van der Waals surface area contributed by atoms with Crippen LogP contribution in [-0.2, 0) is 4.74 Å². The molecular weight excluding hydrogens is 274 g/mol. The van der Waals surface area contributed by atoms with Gasteiger partial charge >= 0.3 is 5.69 Å². The molecule has 2 aliphatic carbocycles. The Balaban J connectivity index is 1.70. The van der Waals surface area contributed by atoms with Crippen LogP contribution < -0.4 is 11.1 Å². The third-order valence-electron chi connectivity index (χ3n) is 4.74. The summed E-state index contributed by atoms with van der Waals surface area (Å²) in [4.78, 5) is 18.1. The zero-order valence-corrected chi connectivity index (χ0v) is 11.9. The van der Waals surface area contributed by atoms with Gasteiger partial charge in [-0.25, -0.2) is 4.98 Å². The van der Waals surface area contributed by atoms with Gasteiger partial charge in [0.15, 0.2) is 0 Å². The molecule has 2 saturated carbocycles. The van der Waals surface area contributed by atoms with E-state index < -0.39 is 4.92 Å². The van der Waals surface area contributed by atoms with E-state index in [2.05, 4.69) is 15.3 Å². The van der Waals surface area contributed by atoms with Crippen LogP contribution in [0.1, 0.15) is 32.6 Å². The normalized spacial score (nSPS) is 26.0. The Morgan fingerprint density at radius 2 is 2.38 bits per heavy atom. The van der Waals surface area contributed by atoms with Gasteiger partial charge in [-0.2, -0.15) is 4.98 Å². The van der Waals surface area contributed by atoms with Gasteiger partial charge < -0.3 is 15.8 Å². The fourth-order valence-electron chi connectivity index (χ4n) is 3.40. The summed E-state index contributed by atoms with van der Waals surface area (Å²) in [5.74, 6) is 0.241. The molecule has 3 N–H and O–H groups in total. The molecule has 1 aromatic heterocycles. The van der Waals surface area contributed by atoms with E-state index in [0.717, 1.165) is 32.1 Å². The number of nitrogen functional groups attached to an aromatic ring is 1. The molecule has 114 valence electrons. The molecule has 0 bridgehead atoms. The summed E-state index contributed by atoms with van der Waals surface area (Å²) in [7, 11) is 0.